The van der Waals surface area contributed by atoms with Gasteiger partial charge in [0.1, 0.15) is 5.75 Å². The summed E-state index contributed by atoms with van der Waals surface area (Å²) in [4.78, 5) is 0. The first-order valence-corrected chi connectivity index (χ1v) is 6.79. The van der Waals surface area contributed by atoms with Crippen LogP contribution < -0.4 is 5.32 Å². The van der Waals surface area contributed by atoms with Gasteiger partial charge < -0.3 is 10.4 Å². The fraction of sp³-hybridized carbons (Fsp3) is 0.571. The molecule has 0 saturated carbocycles. The topological polar surface area (TPSA) is 32.3 Å². The number of halogens is 1. The lowest BCUT2D eigenvalue weighted by Crippen LogP contribution is -2.30. The molecule has 1 atom stereocenters. The number of phenolic OH excluding ortho intramolecular Hbond substituents is 1. The SMILES string of the molecule is CCc1cc(Cl)cc(CC2CCCNC2)c1O. The highest BCUT2D eigenvalue weighted by Crippen LogP contribution is 2.30. The molecule has 1 aliphatic rings. The van der Waals surface area contributed by atoms with Gasteiger partial charge in [-0.15, -0.1) is 0 Å². The summed E-state index contributed by atoms with van der Waals surface area (Å²) in [5.41, 5.74) is 1.96. The third-order valence-electron chi connectivity index (χ3n) is 3.52. The fourth-order valence-corrected chi connectivity index (χ4v) is 2.82. The highest BCUT2D eigenvalue weighted by molar-refractivity contribution is 6.30. The molecule has 0 radical (unpaired) electrons. The zero-order chi connectivity index (χ0) is 12.3. The Hall–Kier alpha value is -0.730. The van der Waals surface area contributed by atoms with Crippen molar-refractivity contribution in [2.75, 3.05) is 13.1 Å². The molecule has 1 aromatic carbocycles. The number of aryl methyl sites for hydroxylation is 1. The zero-order valence-corrected chi connectivity index (χ0v) is 11.1. The van der Waals surface area contributed by atoms with E-state index in [1.807, 2.05) is 19.1 Å². The Bertz CT molecular complexity index is 386. The van der Waals surface area contributed by atoms with Crippen LogP contribution in [0.25, 0.3) is 0 Å². The quantitative estimate of drug-likeness (QED) is 0.867. The monoisotopic (exact) mass is 253 g/mol. The first-order chi connectivity index (χ1) is 8.20. The summed E-state index contributed by atoms with van der Waals surface area (Å²) in [6.45, 7) is 4.21. The molecule has 2 N–H and O–H groups in total. The van der Waals surface area contributed by atoms with Crippen LogP contribution in [-0.2, 0) is 12.8 Å². The highest BCUT2D eigenvalue weighted by atomic mass is 35.5. The van der Waals surface area contributed by atoms with Gasteiger partial charge in [-0.1, -0.05) is 18.5 Å². The molecule has 1 fully saturated rings. The van der Waals surface area contributed by atoms with Crippen LogP contribution in [0.5, 0.6) is 5.75 Å². The average molecular weight is 254 g/mol. The first-order valence-electron chi connectivity index (χ1n) is 6.41. The minimum absolute atomic E-state index is 0.447. The van der Waals surface area contributed by atoms with Gasteiger partial charge in [0.25, 0.3) is 0 Å². The number of benzene rings is 1. The largest absolute Gasteiger partial charge is 0.507 e. The molecule has 2 rings (SSSR count). The van der Waals surface area contributed by atoms with Crippen molar-refractivity contribution < 1.29 is 5.11 Å². The standard InChI is InChI=1S/C14H20ClNO/c1-2-11-7-13(15)8-12(14(11)17)6-10-4-3-5-16-9-10/h7-8,10,16-17H,2-6,9H2,1H3. The van der Waals surface area contributed by atoms with Crippen LogP contribution in [0.1, 0.15) is 30.9 Å². The van der Waals surface area contributed by atoms with Crippen LogP contribution in [0.4, 0.5) is 0 Å². The third-order valence-corrected chi connectivity index (χ3v) is 3.74. The summed E-state index contributed by atoms with van der Waals surface area (Å²) in [7, 11) is 0. The predicted octanol–water partition coefficient (Wildman–Crippen LogP) is 3.15. The van der Waals surface area contributed by atoms with Crippen molar-refractivity contribution in [3.63, 3.8) is 0 Å². The molecule has 1 heterocycles. The Morgan fingerprint density at radius 2 is 2.18 bits per heavy atom. The Morgan fingerprint density at radius 1 is 1.41 bits per heavy atom. The second kappa shape index (κ2) is 5.74. The molecular weight excluding hydrogens is 234 g/mol. The van der Waals surface area contributed by atoms with Gasteiger partial charge in [0.2, 0.25) is 0 Å². The Morgan fingerprint density at radius 3 is 2.82 bits per heavy atom. The van der Waals surface area contributed by atoms with Crippen molar-refractivity contribution in [2.24, 2.45) is 5.92 Å². The second-order valence-electron chi connectivity index (χ2n) is 4.84. The Labute approximate surface area is 108 Å². The molecule has 1 unspecified atom stereocenters. The fourth-order valence-electron chi connectivity index (χ4n) is 2.55. The van der Waals surface area contributed by atoms with Gasteiger partial charge >= 0.3 is 0 Å². The van der Waals surface area contributed by atoms with Gasteiger partial charge in [0, 0.05) is 5.02 Å². The van der Waals surface area contributed by atoms with Crippen LogP contribution in [0.3, 0.4) is 0 Å². The van der Waals surface area contributed by atoms with E-state index in [1.165, 1.54) is 12.8 Å². The van der Waals surface area contributed by atoms with Gasteiger partial charge in [-0.05, 0) is 68.0 Å². The number of rotatable bonds is 3. The summed E-state index contributed by atoms with van der Waals surface area (Å²) in [6.07, 6.45) is 4.21. The summed E-state index contributed by atoms with van der Waals surface area (Å²) in [5, 5.41) is 14.3. The number of hydrogen-bond acceptors (Lipinski definition) is 2. The lowest BCUT2D eigenvalue weighted by atomic mass is 9.91. The molecule has 1 aromatic rings. The summed E-state index contributed by atoms with van der Waals surface area (Å²) in [5.74, 6) is 1.07. The molecule has 1 saturated heterocycles. The first kappa shape index (κ1) is 12.7. The van der Waals surface area contributed by atoms with Gasteiger partial charge in [-0.25, -0.2) is 0 Å². The van der Waals surface area contributed by atoms with Crippen molar-refractivity contribution in [1.29, 1.82) is 0 Å². The van der Waals surface area contributed by atoms with Crippen LogP contribution >= 0.6 is 11.6 Å². The van der Waals surface area contributed by atoms with E-state index in [4.69, 9.17) is 11.6 Å². The molecule has 0 amide bonds. The molecular formula is C14H20ClNO. The van der Waals surface area contributed by atoms with E-state index in [-0.39, 0.29) is 0 Å². The normalized spacial score (nSPS) is 20.5. The molecule has 0 spiro atoms. The lowest BCUT2D eigenvalue weighted by Gasteiger charge is -2.23. The third kappa shape index (κ3) is 3.14. The van der Waals surface area contributed by atoms with Gasteiger partial charge in [-0.3, -0.25) is 0 Å². The number of hydrogen-bond donors (Lipinski definition) is 2. The van der Waals surface area contributed by atoms with E-state index in [2.05, 4.69) is 5.32 Å². The van der Waals surface area contributed by atoms with Gasteiger partial charge in [0.05, 0.1) is 0 Å². The van der Waals surface area contributed by atoms with E-state index in [0.29, 0.717) is 11.7 Å². The number of piperidine rings is 1. The number of nitrogens with one attached hydrogen (secondary N) is 1. The maximum atomic E-state index is 10.2. The Balaban J connectivity index is 2.16. The summed E-state index contributed by atoms with van der Waals surface area (Å²) >= 11 is 6.09. The molecule has 2 nitrogen and oxygen atoms in total. The maximum absolute atomic E-state index is 10.2. The van der Waals surface area contributed by atoms with E-state index in [1.54, 1.807) is 0 Å². The predicted molar refractivity (Wildman–Crippen MR) is 71.8 cm³/mol. The smallest absolute Gasteiger partial charge is 0.122 e. The molecule has 1 aliphatic heterocycles. The number of aromatic hydroxyl groups is 1. The summed E-state index contributed by atoms with van der Waals surface area (Å²) < 4.78 is 0. The van der Waals surface area contributed by atoms with Crippen molar-refractivity contribution in [1.82, 2.24) is 5.32 Å². The van der Waals surface area contributed by atoms with Crippen molar-refractivity contribution in [3.05, 3.63) is 28.3 Å². The lowest BCUT2D eigenvalue weighted by molar-refractivity contribution is 0.369. The molecule has 0 aliphatic carbocycles. The van der Waals surface area contributed by atoms with Crippen LogP contribution in [-0.4, -0.2) is 18.2 Å². The van der Waals surface area contributed by atoms with Crippen LogP contribution in [0, 0.1) is 5.92 Å². The minimum atomic E-state index is 0.447. The second-order valence-corrected chi connectivity index (χ2v) is 5.28. The van der Waals surface area contributed by atoms with E-state index < -0.39 is 0 Å². The minimum Gasteiger partial charge on any atom is -0.507 e. The van der Waals surface area contributed by atoms with E-state index in [9.17, 15) is 5.11 Å². The van der Waals surface area contributed by atoms with Gasteiger partial charge in [-0.2, -0.15) is 0 Å². The molecule has 0 aromatic heterocycles. The zero-order valence-electron chi connectivity index (χ0n) is 10.3. The van der Waals surface area contributed by atoms with Crippen LogP contribution in [0.15, 0.2) is 12.1 Å². The van der Waals surface area contributed by atoms with Crippen molar-refractivity contribution in [3.8, 4) is 5.75 Å². The summed E-state index contributed by atoms with van der Waals surface area (Å²) in [6, 6.07) is 3.77. The molecule has 17 heavy (non-hydrogen) atoms. The molecule has 94 valence electrons. The Kier molecular flexibility index (Phi) is 4.30. The van der Waals surface area contributed by atoms with Gasteiger partial charge in [0.15, 0.2) is 0 Å². The average Bonchev–Trinajstić information content (AvgIpc) is 2.34. The van der Waals surface area contributed by atoms with Crippen molar-refractivity contribution >= 4 is 11.6 Å². The van der Waals surface area contributed by atoms with Crippen molar-refractivity contribution in [2.45, 2.75) is 32.6 Å². The maximum Gasteiger partial charge on any atom is 0.122 e. The van der Waals surface area contributed by atoms with E-state index >= 15 is 0 Å². The molecule has 0 bridgehead atoms. The number of phenols is 1. The van der Waals surface area contributed by atoms with E-state index in [0.717, 1.165) is 42.1 Å². The highest BCUT2D eigenvalue weighted by Gasteiger charge is 2.16. The molecule has 3 heteroatoms. The van der Waals surface area contributed by atoms with Crippen LogP contribution in [0.2, 0.25) is 5.02 Å².